The highest BCUT2D eigenvalue weighted by atomic mass is 31.2. The number of carbonyl (C=O) groups is 1. The van der Waals surface area contributed by atoms with Crippen molar-refractivity contribution in [3.8, 4) is 5.75 Å². The van der Waals surface area contributed by atoms with E-state index in [4.69, 9.17) is 24.3 Å². The second kappa shape index (κ2) is 11.2. The van der Waals surface area contributed by atoms with E-state index in [9.17, 15) is 24.0 Å². The van der Waals surface area contributed by atoms with Gasteiger partial charge in [-0.25, -0.2) is 18.9 Å². The van der Waals surface area contributed by atoms with Gasteiger partial charge in [0.15, 0.2) is 17.7 Å². The third-order valence-electron chi connectivity index (χ3n) is 6.46. The first kappa shape index (κ1) is 28.9. The molecule has 5 N–H and O–H groups in total. The molecular formula is C24H31FN5O8P. The van der Waals surface area contributed by atoms with Gasteiger partial charge in [0.25, 0.3) is 0 Å². The van der Waals surface area contributed by atoms with Crippen molar-refractivity contribution in [2.24, 2.45) is 0 Å². The van der Waals surface area contributed by atoms with Crippen LogP contribution in [0.25, 0.3) is 11.0 Å². The van der Waals surface area contributed by atoms with Gasteiger partial charge in [0, 0.05) is 6.20 Å². The number of aliphatic hydroxyl groups is 2. The predicted molar refractivity (Wildman–Crippen MR) is 137 cm³/mol. The minimum atomic E-state index is -4.32. The summed E-state index contributed by atoms with van der Waals surface area (Å²) in [6.45, 7) is 4.40. The lowest BCUT2D eigenvalue weighted by Gasteiger charge is -2.30. The second-order valence-electron chi connectivity index (χ2n) is 9.29. The summed E-state index contributed by atoms with van der Waals surface area (Å²) in [7, 11) is -3.14. The third-order valence-corrected chi connectivity index (χ3v) is 8.16. The number of rotatable bonds is 10. The lowest BCUT2D eigenvalue weighted by molar-refractivity contribution is -0.142. The number of fused-ring (bicyclic) bond motifs is 1. The highest BCUT2D eigenvalue weighted by Crippen LogP contribution is 2.50. The smallest absolute Gasteiger partial charge is 0.459 e. The van der Waals surface area contributed by atoms with Gasteiger partial charge in [0.2, 0.25) is 0 Å². The quantitative estimate of drug-likeness (QED) is 0.208. The fourth-order valence-electron chi connectivity index (χ4n) is 4.43. The summed E-state index contributed by atoms with van der Waals surface area (Å²) < 4.78 is 52.2. The van der Waals surface area contributed by atoms with Crippen molar-refractivity contribution in [1.29, 1.82) is 0 Å². The molecule has 1 aliphatic rings. The third kappa shape index (κ3) is 5.62. The molecule has 3 aromatic rings. The minimum Gasteiger partial charge on any atom is -0.468 e. The largest absolute Gasteiger partial charge is 0.468 e. The van der Waals surface area contributed by atoms with Crippen LogP contribution < -0.4 is 15.3 Å². The molecular weight excluding hydrogens is 536 g/mol. The van der Waals surface area contributed by atoms with Gasteiger partial charge in [0.05, 0.1) is 18.6 Å². The van der Waals surface area contributed by atoms with Crippen molar-refractivity contribution in [3.63, 3.8) is 0 Å². The van der Waals surface area contributed by atoms with E-state index in [2.05, 4.69) is 15.1 Å². The predicted octanol–water partition coefficient (Wildman–Crippen LogP) is 2.30. The van der Waals surface area contributed by atoms with Gasteiger partial charge in [-0.3, -0.25) is 13.9 Å². The van der Waals surface area contributed by atoms with E-state index in [1.807, 2.05) is 0 Å². The van der Waals surface area contributed by atoms with Gasteiger partial charge < -0.3 is 29.9 Å². The average Bonchev–Trinajstić information content (AvgIpc) is 3.35. The number of hydrogen-bond donors (Lipinski definition) is 4. The normalized spacial score (nSPS) is 26.2. The number of nitrogens with zero attached hydrogens (tertiary/aromatic N) is 3. The summed E-state index contributed by atoms with van der Waals surface area (Å²) in [5, 5.41) is 24.9. The summed E-state index contributed by atoms with van der Waals surface area (Å²) in [6.07, 6.45) is -3.02. The maximum Gasteiger partial charge on any atom is 0.459 e. The zero-order valence-corrected chi connectivity index (χ0v) is 22.6. The van der Waals surface area contributed by atoms with E-state index in [1.165, 1.54) is 25.5 Å². The van der Waals surface area contributed by atoms with Gasteiger partial charge in [-0.15, -0.1) is 0 Å². The molecule has 0 aliphatic carbocycles. The Morgan fingerprint density at radius 2 is 2.05 bits per heavy atom. The number of esters is 1. The van der Waals surface area contributed by atoms with Gasteiger partial charge in [0.1, 0.15) is 41.7 Å². The van der Waals surface area contributed by atoms with Crippen molar-refractivity contribution in [2.45, 2.75) is 63.4 Å². The number of halogens is 1. The molecule has 2 aromatic heterocycles. The molecule has 4 rings (SSSR count). The topological polar surface area (TPSA) is 180 Å². The molecule has 2 unspecified atom stereocenters. The summed E-state index contributed by atoms with van der Waals surface area (Å²) in [6, 6.07) is 7.04. The molecule has 15 heteroatoms. The first-order valence-electron chi connectivity index (χ1n) is 12.1. The molecule has 13 nitrogen and oxygen atoms in total. The van der Waals surface area contributed by atoms with Crippen LogP contribution in [0.15, 0.2) is 42.9 Å². The highest BCUT2D eigenvalue weighted by molar-refractivity contribution is 7.52. The second-order valence-corrected chi connectivity index (χ2v) is 10.9. The number of carbonyl (C=O) groups excluding carboxylic acids is 1. The molecule has 0 radical (unpaired) electrons. The molecule has 7 atom stereocenters. The Balaban J connectivity index is 1.66. The summed E-state index contributed by atoms with van der Waals surface area (Å²) in [5.74, 6) is -1.38. The molecule has 1 aromatic carbocycles. The molecule has 1 fully saturated rings. The van der Waals surface area contributed by atoms with Gasteiger partial charge in [-0.2, -0.15) is 5.09 Å². The fraction of sp³-hybridized carbons (Fsp3) is 0.458. The van der Waals surface area contributed by atoms with Crippen LogP contribution in [0.1, 0.15) is 33.4 Å². The number of para-hydroxylation sites is 1. The van der Waals surface area contributed by atoms with Crippen molar-refractivity contribution < 1.29 is 42.5 Å². The molecule has 1 aliphatic heterocycles. The lowest BCUT2D eigenvalue weighted by atomic mass is 9.93. The molecule has 0 saturated carbocycles. The summed E-state index contributed by atoms with van der Waals surface area (Å²) in [4.78, 5) is 19.9. The van der Waals surface area contributed by atoms with Crippen LogP contribution >= 0.6 is 7.75 Å². The Morgan fingerprint density at radius 3 is 2.69 bits per heavy atom. The standard InChI is InChI=1S/C24H31FN5O8P/c1-5-16(38-39(34,29-13(2)22(32)35-4)37-14-9-7-6-8-10-14)18-19(31)24(3,33)23(36-18)30-11-15(25)17-20(26)27-12-28-21(17)30/h6-13,16,18-19,23,31,33H,5H2,1-4H3,(H,29,34)(H2,26,27,28)/t13-,16?,18+,19+,23+,24+,39?/m0/s1. The molecule has 0 amide bonds. The number of hydrogen-bond acceptors (Lipinski definition) is 11. The summed E-state index contributed by atoms with van der Waals surface area (Å²) >= 11 is 0. The van der Waals surface area contributed by atoms with Crippen LogP contribution in [-0.2, 0) is 23.4 Å². The maximum absolute atomic E-state index is 14.7. The van der Waals surface area contributed by atoms with Crippen molar-refractivity contribution in [1.82, 2.24) is 19.6 Å². The minimum absolute atomic E-state index is 0.0405. The Bertz CT molecular complexity index is 1370. The first-order valence-corrected chi connectivity index (χ1v) is 13.7. The lowest BCUT2D eigenvalue weighted by Crippen LogP contribution is -2.47. The van der Waals surface area contributed by atoms with E-state index in [0.717, 1.165) is 12.5 Å². The summed E-state index contributed by atoms with van der Waals surface area (Å²) in [5.41, 5.74) is 3.87. The Kier molecular flexibility index (Phi) is 8.26. The van der Waals surface area contributed by atoms with E-state index in [1.54, 1.807) is 37.3 Å². The number of aliphatic hydroxyl groups excluding tert-OH is 1. The van der Waals surface area contributed by atoms with Crippen LogP contribution in [0.5, 0.6) is 5.75 Å². The van der Waals surface area contributed by atoms with Crippen molar-refractivity contribution in [3.05, 3.63) is 48.7 Å². The van der Waals surface area contributed by atoms with Gasteiger partial charge in [-0.05, 0) is 32.4 Å². The first-order chi connectivity index (χ1) is 18.4. The monoisotopic (exact) mass is 567 g/mol. The Labute approximate surface area is 223 Å². The number of aromatic nitrogens is 3. The van der Waals surface area contributed by atoms with Crippen LogP contribution in [0.2, 0.25) is 0 Å². The number of methoxy groups -OCH3 is 1. The number of ether oxygens (including phenoxy) is 2. The fourth-order valence-corrected chi connectivity index (χ4v) is 6.19. The van der Waals surface area contributed by atoms with Crippen molar-refractivity contribution >= 4 is 30.6 Å². The maximum atomic E-state index is 14.7. The average molecular weight is 568 g/mol. The number of nitrogens with one attached hydrogen (secondary N) is 1. The highest BCUT2D eigenvalue weighted by Gasteiger charge is 2.57. The van der Waals surface area contributed by atoms with Gasteiger partial charge in [-0.1, -0.05) is 25.1 Å². The SMILES string of the molecule is CCC(OP(=O)(N[C@@H](C)C(=O)OC)Oc1ccccc1)[C@H]1O[C@@H](n2cc(F)c3c(N)ncnc32)[C@](C)(O)[C@@H]1O. The molecule has 212 valence electrons. The molecule has 0 bridgehead atoms. The van der Waals surface area contributed by atoms with E-state index >= 15 is 0 Å². The van der Waals surface area contributed by atoms with E-state index < -0.39 is 55.7 Å². The Morgan fingerprint density at radius 1 is 1.36 bits per heavy atom. The van der Waals surface area contributed by atoms with Crippen LogP contribution in [0, 0.1) is 5.82 Å². The van der Waals surface area contributed by atoms with Crippen LogP contribution in [-0.4, -0.2) is 67.8 Å². The molecule has 39 heavy (non-hydrogen) atoms. The van der Waals surface area contributed by atoms with Crippen LogP contribution in [0.4, 0.5) is 10.2 Å². The Hall–Kier alpha value is -3.13. The van der Waals surface area contributed by atoms with E-state index in [0.29, 0.717) is 0 Å². The molecule has 1 saturated heterocycles. The number of nitrogen functional groups attached to an aromatic ring is 1. The number of anilines is 1. The zero-order valence-electron chi connectivity index (χ0n) is 21.7. The van der Waals surface area contributed by atoms with E-state index in [-0.39, 0.29) is 29.0 Å². The van der Waals surface area contributed by atoms with Gasteiger partial charge >= 0.3 is 13.7 Å². The number of nitrogens with two attached hydrogens (primary N) is 1. The van der Waals surface area contributed by atoms with Crippen molar-refractivity contribution in [2.75, 3.05) is 12.8 Å². The molecule has 0 spiro atoms. The van der Waals surface area contributed by atoms with Crippen LogP contribution in [0.3, 0.4) is 0 Å². The molecule has 3 heterocycles. The number of benzene rings is 1. The zero-order chi connectivity index (χ0) is 28.5.